The van der Waals surface area contributed by atoms with Gasteiger partial charge in [0.25, 0.3) is 0 Å². The molecule has 42 heavy (non-hydrogen) atoms. The number of hydrogen-bond acceptors (Lipinski definition) is 9. The molecule has 2 unspecified atom stereocenters. The quantitative estimate of drug-likeness (QED) is 0.0951. The molecule has 0 aliphatic heterocycles. The maximum atomic E-state index is 12.2. The Hall–Kier alpha value is -5.00. The van der Waals surface area contributed by atoms with Crippen LogP contribution in [-0.4, -0.2) is 104 Å². The number of carbonyl (C=O) groups is 6. The second-order valence-corrected chi connectivity index (χ2v) is 9.27. The molecule has 0 saturated carbocycles. The number of nitrogens with one attached hydrogen (secondary N) is 2. The number of rotatable bonds is 20. The van der Waals surface area contributed by atoms with Crippen LogP contribution in [0, 0.1) is 0 Å². The Morgan fingerprint density at radius 2 is 1.19 bits per heavy atom. The third-order valence-electron chi connectivity index (χ3n) is 6.02. The van der Waals surface area contributed by atoms with Gasteiger partial charge in [-0.3, -0.25) is 19.3 Å². The van der Waals surface area contributed by atoms with E-state index in [0.29, 0.717) is 31.0 Å². The lowest BCUT2D eigenvalue weighted by Crippen LogP contribution is -2.51. The average molecular weight is 596 g/mol. The van der Waals surface area contributed by atoms with Gasteiger partial charge in [-0.25, -0.2) is 24.4 Å². The number of aromatic nitrogens is 4. The highest BCUT2D eigenvalue weighted by Gasteiger charge is 2.25. The first-order valence-electron chi connectivity index (χ1n) is 12.8. The third kappa shape index (κ3) is 11.6. The fraction of sp³-hybridized carbons (Fsp3) is 0.500. The predicted molar refractivity (Wildman–Crippen MR) is 139 cm³/mol. The lowest BCUT2D eigenvalue weighted by molar-refractivity contribution is -0.141. The second kappa shape index (κ2) is 16.3. The number of amides is 2. The number of carboxylic acids is 5. The van der Waals surface area contributed by atoms with E-state index in [1.54, 1.807) is 0 Å². The molecule has 0 radical (unpaired) electrons. The van der Waals surface area contributed by atoms with Crippen molar-refractivity contribution in [2.75, 3.05) is 6.54 Å². The van der Waals surface area contributed by atoms with E-state index in [2.05, 4.69) is 20.6 Å². The van der Waals surface area contributed by atoms with Gasteiger partial charge in [0.2, 0.25) is 0 Å². The van der Waals surface area contributed by atoms with Crippen molar-refractivity contribution >= 4 is 35.9 Å². The van der Waals surface area contributed by atoms with Crippen LogP contribution in [0.5, 0.6) is 0 Å². The summed E-state index contributed by atoms with van der Waals surface area (Å²) < 4.78 is 2.89. The van der Waals surface area contributed by atoms with Crippen LogP contribution in [0.3, 0.4) is 0 Å². The van der Waals surface area contributed by atoms with Crippen molar-refractivity contribution in [3.05, 3.63) is 36.4 Å². The largest absolute Gasteiger partial charge is 0.481 e. The van der Waals surface area contributed by atoms with Gasteiger partial charge in [0.15, 0.2) is 0 Å². The van der Waals surface area contributed by atoms with Gasteiger partial charge in [-0.05, 0) is 32.2 Å². The van der Waals surface area contributed by atoms with Crippen molar-refractivity contribution in [2.24, 2.45) is 0 Å². The molecular formula is C24H33N7O11. The monoisotopic (exact) mass is 595 g/mol. The van der Waals surface area contributed by atoms with Crippen LogP contribution in [0.15, 0.2) is 24.8 Å². The first-order valence-corrected chi connectivity index (χ1v) is 12.8. The SMILES string of the molecule is O=C(O)CCC(NC(=O)NC(CCCCN(Cc1nccn1CC(=O)O)Cc1nccn1CC(=O)O)C(=O)O)C(=O)O. The minimum atomic E-state index is -1.52. The van der Waals surface area contributed by atoms with Crippen molar-refractivity contribution in [1.29, 1.82) is 0 Å². The molecule has 18 heteroatoms. The zero-order valence-electron chi connectivity index (χ0n) is 22.5. The van der Waals surface area contributed by atoms with E-state index in [4.69, 9.17) is 15.3 Å². The van der Waals surface area contributed by atoms with Crippen molar-refractivity contribution in [1.82, 2.24) is 34.6 Å². The van der Waals surface area contributed by atoms with Gasteiger partial charge in [0.1, 0.15) is 36.8 Å². The van der Waals surface area contributed by atoms with Gasteiger partial charge < -0.3 is 45.3 Å². The lowest BCUT2D eigenvalue weighted by Gasteiger charge is -2.23. The highest BCUT2D eigenvalue weighted by Crippen LogP contribution is 2.12. The Labute approximate surface area is 238 Å². The van der Waals surface area contributed by atoms with Crippen molar-refractivity contribution < 1.29 is 54.3 Å². The van der Waals surface area contributed by atoms with Gasteiger partial charge >= 0.3 is 35.9 Å². The normalized spacial score (nSPS) is 12.4. The first kappa shape index (κ1) is 33.2. The van der Waals surface area contributed by atoms with E-state index >= 15 is 0 Å². The molecule has 2 atom stereocenters. The van der Waals surface area contributed by atoms with Crippen molar-refractivity contribution in [2.45, 2.75) is 70.4 Å². The number of imidazole rings is 2. The van der Waals surface area contributed by atoms with Crippen LogP contribution < -0.4 is 10.6 Å². The topological polar surface area (TPSA) is 267 Å². The number of carbonyl (C=O) groups excluding carboxylic acids is 1. The molecule has 0 bridgehead atoms. The molecule has 2 heterocycles. The molecule has 7 N–H and O–H groups in total. The Balaban J connectivity index is 2.02. The average Bonchev–Trinajstić information content (AvgIpc) is 3.51. The standard InChI is InChI=1S/C24H33N7O11/c32-19(33)5-4-16(23(40)41)28-24(42)27-15(22(38)39)3-1-2-8-29(11-17-25-6-9-30(17)13-20(34)35)12-18-26-7-10-31(18)14-21(36)37/h6-7,9-10,15-16H,1-5,8,11-14H2,(H,32,33)(H,34,35)(H,36,37)(H,38,39)(H,40,41)(H2,27,28,42). The van der Waals surface area contributed by atoms with E-state index in [1.165, 1.54) is 33.9 Å². The van der Waals surface area contributed by atoms with E-state index in [1.807, 2.05) is 4.90 Å². The lowest BCUT2D eigenvalue weighted by atomic mass is 10.1. The molecule has 2 rings (SSSR count). The van der Waals surface area contributed by atoms with Gasteiger partial charge in [0, 0.05) is 31.2 Å². The van der Waals surface area contributed by atoms with Crippen LogP contribution >= 0.6 is 0 Å². The van der Waals surface area contributed by atoms with Crippen LogP contribution in [0.2, 0.25) is 0 Å². The highest BCUT2D eigenvalue weighted by atomic mass is 16.4. The van der Waals surface area contributed by atoms with Crippen molar-refractivity contribution in [3.8, 4) is 0 Å². The predicted octanol–water partition coefficient (Wildman–Crippen LogP) is -0.508. The summed E-state index contributed by atoms with van der Waals surface area (Å²) in [4.78, 5) is 78.6. The minimum absolute atomic E-state index is 0.0231. The number of carboxylic acid groups (broad SMARTS) is 5. The van der Waals surface area contributed by atoms with Crippen LogP contribution in [0.4, 0.5) is 4.79 Å². The molecule has 0 spiro atoms. The maximum absolute atomic E-state index is 12.2. The van der Waals surface area contributed by atoms with E-state index < -0.39 is 54.4 Å². The summed E-state index contributed by atoms with van der Waals surface area (Å²) in [5, 5.41) is 50.0. The maximum Gasteiger partial charge on any atom is 0.326 e. The Morgan fingerprint density at radius 3 is 1.62 bits per heavy atom. The molecule has 0 aliphatic rings. The zero-order valence-corrected chi connectivity index (χ0v) is 22.5. The number of nitrogens with zero attached hydrogens (tertiary/aromatic N) is 5. The molecule has 2 aromatic rings. The summed E-state index contributed by atoms with van der Waals surface area (Å²) >= 11 is 0. The van der Waals surface area contributed by atoms with Crippen LogP contribution in [0.25, 0.3) is 0 Å². The van der Waals surface area contributed by atoms with Gasteiger partial charge in [-0.2, -0.15) is 0 Å². The fourth-order valence-corrected chi connectivity index (χ4v) is 4.00. The van der Waals surface area contributed by atoms with E-state index in [9.17, 15) is 39.0 Å². The molecule has 2 aromatic heterocycles. The Kier molecular flexibility index (Phi) is 12.9. The molecule has 0 aliphatic carbocycles. The number of unbranched alkanes of at least 4 members (excludes halogenated alkanes) is 1. The van der Waals surface area contributed by atoms with E-state index in [0.717, 1.165) is 0 Å². The summed E-state index contributed by atoms with van der Waals surface area (Å²) in [6.07, 6.45) is 5.70. The summed E-state index contributed by atoms with van der Waals surface area (Å²) in [7, 11) is 0. The van der Waals surface area contributed by atoms with Gasteiger partial charge in [-0.1, -0.05) is 0 Å². The highest BCUT2D eigenvalue weighted by molar-refractivity contribution is 5.86. The molecule has 0 saturated heterocycles. The summed E-state index contributed by atoms with van der Waals surface area (Å²) in [6, 6.07) is -3.96. The van der Waals surface area contributed by atoms with Crippen LogP contribution in [-0.2, 0) is 50.2 Å². The Bertz CT molecular complexity index is 1200. The summed E-state index contributed by atoms with van der Waals surface area (Å²) in [5.41, 5.74) is 0. The smallest absolute Gasteiger partial charge is 0.326 e. The Morgan fingerprint density at radius 1 is 0.714 bits per heavy atom. The molecule has 2 amide bonds. The van der Waals surface area contributed by atoms with Gasteiger partial charge in [-0.15, -0.1) is 0 Å². The van der Waals surface area contributed by atoms with Gasteiger partial charge in [0.05, 0.1) is 13.1 Å². The summed E-state index contributed by atoms with van der Waals surface area (Å²) in [6.45, 7) is 0.0642. The summed E-state index contributed by atoms with van der Waals surface area (Å²) in [5.74, 6) is -5.33. The number of hydrogen-bond donors (Lipinski definition) is 7. The molecule has 0 fully saturated rings. The number of urea groups is 1. The number of aliphatic carboxylic acids is 5. The molecular weight excluding hydrogens is 562 g/mol. The molecule has 18 nitrogen and oxygen atoms in total. The second-order valence-electron chi connectivity index (χ2n) is 9.27. The molecule has 230 valence electrons. The zero-order chi connectivity index (χ0) is 31.2. The molecule has 0 aromatic carbocycles. The minimum Gasteiger partial charge on any atom is -0.481 e. The van der Waals surface area contributed by atoms with Crippen molar-refractivity contribution in [3.63, 3.8) is 0 Å². The van der Waals surface area contributed by atoms with Crippen LogP contribution in [0.1, 0.15) is 43.8 Å². The third-order valence-corrected chi connectivity index (χ3v) is 6.02. The van der Waals surface area contributed by atoms with E-state index in [-0.39, 0.29) is 39.0 Å². The fourth-order valence-electron chi connectivity index (χ4n) is 4.00. The first-order chi connectivity index (χ1) is 19.8.